The molecule has 0 radical (unpaired) electrons. The van der Waals surface area contributed by atoms with Gasteiger partial charge < -0.3 is 5.11 Å². The van der Waals surface area contributed by atoms with E-state index >= 15 is 0 Å². The van der Waals surface area contributed by atoms with Crippen molar-refractivity contribution in [3.8, 4) is 0 Å². The molecule has 2 amide bonds. The maximum atomic E-state index is 12.2. The average Bonchev–Trinajstić information content (AvgIpc) is 2.65. The van der Waals surface area contributed by atoms with Gasteiger partial charge >= 0.3 is 5.97 Å². The van der Waals surface area contributed by atoms with Crippen LogP contribution in [0.2, 0.25) is 0 Å². The van der Waals surface area contributed by atoms with Gasteiger partial charge in [0.1, 0.15) is 5.25 Å². The number of carbonyl (C=O) groups is 3. The first-order chi connectivity index (χ1) is 9.00. The topological polar surface area (TPSA) is 74.7 Å². The second-order valence-corrected chi connectivity index (χ2v) is 5.76. The van der Waals surface area contributed by atoms with Crippen LogP contribution in [-0.4, -0.2) is 33.4 Å². The number of carbonyl (C=O) groups excluding carboxylic acids is 2. The molecule has 1 saturated heterocycles. The summed E-state index contributed by atoms with van der Waals surface area (Å²) in [5.74, 6) is -1.61. The molecule has 1 N–H and O–H groups in total. The van der Waals surface area contributed by atoms with Crippen LogP contribution in [0.1, 0.15) is 13.3 Å². The van der Waals surface area contributed by atoms with Gasteiger partial charge in [-0.2, -0.15) is 0 Å². The molecule has 1 fully saturated rings. The number of thioether (sulfide) groups is 1. The third kappa shape index (κ3) is 2.78. The standard InChI is InChI=1S/C13H13NO4S/c1-8(13(17)18)19-10-7-11(15)14(12(10)16)9-5-3-2-4-6-9/h2-6,8,10H,7H2,1H3,(H,17,18)/t8-,10-/m0/s1. The Morgan fingerprint density at radius 3 is 2.58 bits per heavy atom. The molecule has 0 saturated carbocycles. The van der Waals surface area contributed by atoms with Gasteiger partial charge in [0.2, 0.25) is 11.8 Å². The fraction of sp³-hybridized carbons (Fsp3) is 0.308. The van der Waals surface area contributed by atoms with Crippen LogP contribution in [0.3, 0.4) is 0 Å². The minimum Gasteiger partial charge on any atom is -0.480 e. The van der Waals surface area contributed by atoms with Crippen molar-refractivity contribution in [3.63, 3.8) is 0 Å². The molecule has 1 aliphatic rings. The maximum Gasteiger partial charge on any atom is 0.316 e. The van der Waals surface area contributed by atoms with E-state index in [1.54, 1.807) is 30.3 Å². The number of hydrogen-bond donors (Lipinski definition) is 1. The van der Waals surface area contributed by atoms with Crippen LogP contribution in [0.4, 0.5) is 5.69 Å². The van der Waals surface area contributed by atoms with E-state index in [9.17, 15) is 14.4 Å². The highest BCUT2D eigenvalue weighted by atomic mass is 32.2. The Bertz CT molecular complexity index is 517. The van der Waals surface area contributed by atoms with E-state index in [-0.39, 0.29) is 18.2 Å². The second-order valence-electron chi connectivity index (χ2n) is 4.21. The van der Waals surface area contributed by atoms with Crippen LogP contribution < -0.4 is 4.90 Å². The Morgan fingerprint density at radius 2 is 2.00 bits per heavy atom. The minimum absolute atomic E-state index is 0.0516. The van der Waals surface area contributed by atoms with Crippen LogP contribution in [0.5, 0.6) is 0 Å². The van der Waals surface area contributed by atoms with Crippen LogP contribution in [0.25, 0.3) is 0 Å². The number of rotatable bonds is 4. The summed E-state index contributed by atoms with van der Waals surface area (Å²) >= 11 is 1.01. The molecular weight excluding hydrogens is 266 g/mol. The molecule has 0 spiro atoms. The third-order valence-electron chi connectivity index (χ3n) is 2.84. The highest BCUT2D eigenvalue weighted by Crippen LogP contribution is 2.31. The SMILES string of the molecule is C[C@H](S[C@H]1CC(=O)N(c2ccccc2)C1=O)C(=O)O. The molecule has 1 heterocycles. The number of benzene rings is 1. The minimum atomic E-state index is -0.983. The molecule has 1 aromatic carbocycles. The second kappa shape index (κ2) is 5.44. The number of nitrogens with zero attached hydrogens (tertiary/aromatic N) is 1. The largest absolute Gasteiger partial charge is 0.480 e. The molecule has 0 unspecified atom stereocenters. The van der Waals surface area contributed by atoms with Crippen molar-refractivity contribution in [3.05, 3.63) is 30.3 Å². The molecule has 0 aromatic heterocycles. The molecule has 1 aromatic rings. The lowest BCUT2D eigenvalue weighted by Crippen LogP contribution is -2.31. The summed E-state index contributed by atoms with van der Waals surface area (Å²) in [6.45, 7) is 1.51. The summed E-state index contributed by atoms with van der Waals surface area (Å²) < 4.78 is 0. The van der Waals surface area contributed by atoms with Gasteiger partial charge in [0.25, 0.3) is 0 Å². The van der Waals surface area contributed by atoms with Gasteiger partial charge in [0.05, 0.1) is 10.9 Å². The maximum absolute atomic E-state index is 12.2. The molecule has 19 heavy (non-hydrogen) atoms. The van der Waals surface area contributed by atoms with E-state index < -0.39 is 16.5 Å². The number of carboxylic acids is 1. The number of para-hydroxylation sites is 1. The Morgan fingerprint density at radius 1 is 1.37 bits per heavy atom. The van der Waals surface area contributed by atoms with Crippen molar-refractivity contribution in [1.29, 1.82) is 0 Å². The lowest BCUT2D eigenvalue weighted by molar-refractivity contribution is -0.136. The van der Waals surface area contributed by atoms with E-state index in [4.69, 9.17) is 5.11 Å². The predicted molar refractivity (Wildman–Crippen MR) is 72.0 cm³/mol. The normalized spacial score (nSPS) is 20.7. The van der Waals surface area contributed by atoms with Crippen molar-refractivity contribution >= 4 is 35.2 Å². The van der Waals surface area contributed by atoms with Crippen molar-refractivity contribution in [2.45, 2.75) is 23.8 Å². The van der Waals surface area contributed by atoms with Crippen molar-refractivity contribution in [1.82, 2.24) is 0 Å². The zero-order valence-corrected chi connectivity index (χ0v) is 11.1. The number of amides is 2. The van der Waals surface area contributed by atoms with Crippen LogP contribution in [0.15, 0.2) is 30.3 Å². The molecule has 0 aliphatic carbocycles. The molecule has 0 bridgehead atoms. The summed E-state index contributed by atoms with van der Waals surface area (Å²) in [5.41, 5.74) is 0.531. The molecule has 2 rings (SSSR count). The van der Waals surface area contributed by atoms with Crippen LogP contribution in [0, 0.1) is 0 Å². The summed E-state index contributed by atoms with van der Waals surface area (Å²) in [5, 5.41) is 7.52. The predicted octanol–water partition coefficient (Wildman–Crippen LogP) is 1.52. The zero-order chi connectivity index (χ0) is 14.0. The summed E-state index contributed by atoms with van der Waals surface area (Å²) in [7, 11) is 0. The van der Waals surface area contributed by atoms with E-state index in [1.807, 2.05) is 0 Å². The van der Waals surface area contributed by atoms with E-state index in [0.717, 1.165) is 16.7 Å². The number of aliphatic carboxylic acids is 1. The lowest BCUT2D eigenvalue weighted by atomic mass is 10.3. The van der Waals surface area contributed by atoms with Gasteiger partial charge in [0, 0.05) is 6.42 Å². The number of anilines is 1. The molecule has 6 heteroatoms. The summed E-state index contributed by atoms with van der Waals surface area (Å²) in [6, 6.07) is 8.66. The Kier molecular flexibility index (Phi) is 3.90. The van der Waals surface area contributed by atoms with E-state index in [0.29, 0.717) is 5.69 Å². The van der Waals surface area contributed by atoms with Gasteiger partial charge in [-0.25, -0.2) is 4.90 Å². The van der Waals surface area contributed by atoms with Crippen molar-refractivity contribution in [2.75, 3.05) is 4.90 Å². The fourth-order valence-corrected chi connectivity index (χ4v) is 2.93. The molecule has 1 aliphatic heterocycles. The first-order valence-corrected chi connectivity index (χ1v) is 6.75. The first kappa shape index (κ1) is 13.6. The summed E-state index contributed by atoms with van der Waals surface area (Å²) in [4.78, 5) is 36.0. The lowest BCUT2D eigenvalue weighted by Gasteiger charge is -2.15. The van der Waals surface area contributed by atoms with Gasteiger partial charge in [-0.05, 0) is 19.1 Å². The van der Waals surface area contributed by atoms with Gasteiger partial charge in [-0.3, -0.25) is 14.4 Å². The average molecular weight is 279 g/mol. The summed E-state index contributed by atoms with van der Waals surface area (Å²) in [6.07, 6.45) is 0.0516. The molecular formula is C13H13NO4S. The quantitative estimate of drug-likeness (QED) is 0.846. The highest BCUT2D eigenvalue weighted by Gasteiger charge is 2.41. The third-order valence-corrected chi connectivity index (χ3v) is 4.14. The van der Waals surface area contributed by atoms with Gasteiger partial charge in [-0.1, -0.05) is 18.2 Å². The van der Waals surface area contributed by atoms with E-state index in [2.05, 4.69) is 0 Å². The zero-order valence-electron chi connectivity index (χ0n) is 10.3. The fourth-order valence-electron chi connectivity index (χ4n) is 1.86. The molecule has 5 nitrogen and oxygen atoms in total. The number of hydrogen-bond acceptors (Lipinski definition) is 4. The number of imide groups is 1. The Labute approximate surface area is 114 Å². The molecule has 2 atom stereocenters. The highest BCUT2D eigenvalue weighted by molar-refractivity contribution is 8.01. The Balaban J connectivity index is 2.15. The van der Waals surface area contributed by atoms with Crippen molar-refractivity contribution < 1.29 is 19.5 Å². The number of carboxylic acid groups (broad SMARTS) is 1. The van der Waals surface area contributed by atoms with Crippen LogP contribution >= 0.6 is 11.8 Å². The molecule has 100 valence electrons. The Hall–Kier alpha value is -1.82. The monoisotopic (exact) mass is 279 g/mol. The van der Waals surface area contributed by atoms with E-state index in [1.165, 1.54) is 6.92 Å². The van der Waals surface area contributed by atoms with Gasteiger partial charge in [0.15, 0.2) is 0 Å². The van der Waals surface area contributed by atoms with Gasteiger partial charge in [-0.15, -0.1) is 11.8 Å². The van der Waals surface area contributed by atoms with Crippen molar-refractivity contribution in [2.24, 2.45) is 0 Å². The van der Waals surface area contributed by atoms with Crippen LogP contribution in [-0.2, 0) is 14.4 Å². The first-order valence-electron chi connectivity index (χ1n) is 5.81. The smallest absolute Gasteiger partial charge is 0.316 e.